The lowest BCUT2D eigenvalue weighted by Crippen LogP contribution is -2.38. The summed E-state index contributed by atoms with van der Waals surface area (Å²) in [5.74, 6) is -0.457. The van der Waals surface area contributed by atoms with Crippen LogP contribution in [-0.4, -0.2) is 75.6 Å². The van der Waals surface area contributed by atoms with Gasteiger partial charge in [0.2, 0.25) is 10.0 Å². The summed E-state index contributed by atoms with van der Waals surface area (Å²) in [6.07, 6.45) is 7.04. The van der Waals surface area contributed by atoms with Crippen molar-refractivity contribution in [3.63, 3.8) is 0 Å². The molecule has 4 aromatic rings. The van der Waals surface area contributed by atoms with Crippen LogP contribution in [0.15, 0.2) is 66.1 Å². The maximum Gasteiger partial charge on any atom is 0.270 e. The van der Waals surface area contributed by atoms with E-state index >= 15 is 0 Å². The van der Waals surface area contributed by atoms with Gasteiger partial charge in [-0.05, 0) is 48.7 Å². The first-order chi connectivity index (χ1) is 19.0. The van der Waals surface area contributed by atoms with Crippen LogP contribution < -0.4 is 10.6 Å². The van der Waals surface area contributed by atoms with Crippen molar-refractivity contribution in [3.8, 4) is 5.69 Å². The fourth-order valence-corrected chi connectivity index (χ4v) is 5.12. The number of hydrogen-bond donors (Lipinski definition) is 3. The number of benzene rings is 1. The van der Waals surface area contributed by atoms with E-state index in [-0.39, 0.29) is 41.6 Å². The van der Waals surface area contributed by atoms with E-state index in [2.05, 4.69) is 20.7 Å². The number of carbonyl (C=O) groups is 2. The number of nitrogens with one attached hydrogen (secondary N) is 2. The lowest BCUT2D eigenvalue weighted by Gasteiger charge is -2.18. The topological polar surface area (TPSA) is 151 Å². The Hall–Kier alpha value is -4.07. The third-order valence-electron chi connectivity index (χ3n) is 6.29. The molecule has 1 aromatic carbocycles. The van der Waals surface area contributed by atoms with Crippen molar-refractivity contribution in [1.82, 2.24) is 34.1 Å². The van der Waals surface area contributed by atoms with Crippen LogP contribution in [-0.2, 0) is 16.6 Å². The van der Waals surface area contributed by atoms with Crippen molar-refractivity contribution < 1.29 is 23.1 Å². The maximum absolute atomic E-state index is 13.0. The minimum absolute atomic E-state index is 0.172. The predicted octanol–water partition coefficient (Wildman–Crippen LogP) is 1.84. The molecule has 3 aromatic heterocycles. The zero-order valence-electron chi connectivity index (χ0n) is 22.8. The normalized spacial score (nSPS) is 12.7. The van der Waals surface area contributed by atoms with Crippen molar-refractivity contribution in [3.05, 3.63) is 78.0 Å². The Morgan fingerprint density at radius 2 is 1.80 bits per heavy atom. The molecule has 0 aliphatic rings. The number of pyridine rings is 1. The fourth-order valence-electron chi connectivity index (χ4n) is 4.22. The Morgan fingerprint density at radius 1 is 1.07 bits per heavy atom. The van der Waals surface area contributed by atoms with Gasteiger partial charge >= 0.3 is 0 Å². The number of aliphatic hydroxyl groups is 1. The average Bonchev–Trinajstić information content (AvgIpc) is 3.58. The predicted molar refractivity (Wildman–Crippen MR) is 149 cm³/mol. The maximum atomic E-state index is 13.0. The van der Waals surface area contributed by atoms with Crippen LogP contribution in [0.1, 0.15) is 46.7 Å². The van der Waals surface area contributed by atoms with Crippen LogP contribution >= 0.6 is 0 Å². The van der Waals surface area contributed by atoms with Crippen LogP contribution in [0.5, 0.6) is 0 Å². The molecule has 40 heavy (non-hydrogen) atoms. The van der Waals surface area contributed by atoms with E-state index in [1.54, 1.807) is 51.9 Å². The Morgan fingerprint density at radius 3 is 2.45 bits per heavy atom. The molecule has 13 heteroatoms. The largest absolute Gasteiger partial charge is 0.394 e. The average molecular weight is 568 g/mol. The van der Waals surface area contributed by atoms with E-state index < -0.39 is 10.0 Å². The van der Waals surface area contributed by atoms with Gasteiger partial charge in [-0.3, -0.25) is 14.0 Å². The highest BCUT2D eigenvalue weighted by Gasteiger charge is 2.21. The number of hydrogen-bond acceptors (Lipinski definition) is 7. The van der Waals surface area contributed by atoms with Crippen LogP contribution in [0, 0.1) is 5.92 Å². The number of fused-ring (bicyclic) bond motifs is 1. The summed E-state index contributed by atoms with van der Waals surface area (Å²) in [7, 11) is -0.580. The smallest absolute Gasteiger partial charge is 0.270 e. The number of rotatable bonds is 11. The summed E-state index contributed by atoms with van der Waals surface area (Å²) in [6.45, 7) is 4.04. The molecule has 0 radical (unpaired) electrons. The van der Waals surface area contributed by atoms with E-state index in [0.29, 0.717) is 29.2 Å². The second-order valence-corrected chi connectivity index (χ2v) is 12.2. The molecule has 0 saturated heterocycles. The van der Waals surface area contributed by atoms with Gasteiger partial charge in [-0.2, -0.15) is 5.10 Å². The summed E-state index contributed by atoms with van der Waals surface area (Å²) >= 11 is 0. The highest BCUT2D eigenvalue weighted by Crippen LogP contribution is 2.17. The van der Waals surface area contributed by atoms with Gasteiger partial charge in [0.05, 0.1) is 41.2 Å². The third-order valence-corrected chi connectivity index (χ3v) is 8.12. The minimum atomic E-state index is -3.53. The molecular formula is C27H33N7O5S. The van der Waals surface area contributed by atoms with E-state index in [9.17, 15) is 23.1 Å². The summed E-state index contributed by atoms with van der Waals surface area (Å²) < 4.78 is 28.9. The van der Waals surface area contributed by atoms with Crippen LogP contribution in [0.2, 0.25) is 0 Å². The van der Waals surface area contributed by atoms with Crippen molar-refractivity contribution in [1.29, 1.82) is 0 Å². The van der Waals surface area contributed by atoms with Crippen LogP contribution in [0.4, 0.5) is 0 Å². The quantitative estimate of drug-likeness (QED) is 0.250. The number of aliphatic hydroxyl groups excluding tert-OH is 1. The van der Waals surface area contributed by atoms with Gasteiger partial charge in [-0.25, -0.2) is 22.4 Å². The van der Waals surface area contributed by atoms with Gasteiger partial charge in [-0.1, -0.05) is 13.8 Å². The van der Waals surface area contributed by atoms with Gasteiger partial charge in [0.1, 0.15) is 11.3 Å². The standard InChI is InChI=1S/C27H33N7O5S/c1-18(2)12-20(17-35)31-27(37)24-15-28-25-23(6-5-11-33(24)25)26(36)29-13-19-14-30-34(16-19)21-7-9-22(10-8-21)40(38,39)32(3)4/h5-11,14-16,18,20,35H,12-13,17H2,1-4H3,(H,29,36)(H,31,37)/t20-/m0/s1. The Labute approximate surface area is 232 Å². The molecule has 0 aliphatic heterocycles. The van der Waals surface area contributed by atoms with Crippen LogP contribution in [0.3, 0.4) is 0 Å². The lowest BCUT2D eigenvalue weighted by molar-refractivity contribution is 0.0900. The first kappa shape index (κ1) is 28.9. The second-order valence-electron chi connectivity index (χ2n) is 10.00. The van der Waals surface area contributed by atoms with Gasteiger partial charge in [0.15, 0.2) is 0 Å². The molecule has 0 unspecified atom stereocenters. The Balaban J connectivity index is 1.44. The zero-order valence-corrected chi connectivity index (χ0v) is 23.6. The van der Waals surface area contributed by atoms with E-state index in [0.717, 1.165) is 9.87 Å². The van der Waals surface area contributed by atoms with Gasteiger partial charge in [0, 0.05) is 38.6 Å². The molecule has 4 rings (SSSR count). The first-order valence-electron chi connectivity index (χ1n) is 12.7. The molecule has 0 aliphatic carbocycles. The lowest BCUT2D eigenvalue weighted by atomic mass is 10.0. The monoisotopic (exact) mass is 567 g/mol. The Kier molecular flexibility index (Phi) is 8.67. The second kappa shape index (κ2) is 12.0. The molecular weight excluding hydrogens is 534 g/mol. The summed E-state index contributed by atoms with van der Waals surface area (Å²) in [6, 6.07) is 9.25. The zero-order chi connectivity index (χ0) is 29.0. The number of sulfonamides is 1. The molecule has 1 atom stereocenters. The molecule has 12 nitrogen and oxygen atoms in total. The number of imidazole rings is 1. The van der Waals surface area contributed by atoms with Crippen LogP contribution in [0.25, 0.3) is 11.3 Å². The molecule has 0 spiro atoms. The molecule has 212 valence electrons. The molecule has 0 saturated carbocycles. The highest BCUT2D eigenvalue weighted by molar-refractivity contribution is 7.89. The summed E-state index contributed by atoms with van der Waals surface area (Å²) in [4.78, 5) is 30.4. The molecule has 0 fully saturated rings. The van der Waals surface area contributed by atoms with Gasteiger partial charge in [0.25, 0.3) is 11.8 Å². The van der Waals surface area contributed by atoms with Crippen molar-refractivity contribution in [2.75, 3.05) is 20.7 Å². The Bertz CT molecular complexity index is 1610. The van der Waals surface area contributed by atoms with E-state index in [1.807, 2.05) is 13.8 Å². The fraction of sp³-hybridized carbons (Fsp3) is 0.333. The third kappa shape index (κ3) is 6.22. The molecule has 2 amide bonds. The SMILES string of the molecule is CC(C)C[C@@H](CO)NC(=O)c1cnc2c(C(=O)NCc3cnn(-c4ccc(S(=O)(=O)N(C)C)cc4)c3)cccn12. The summed E-state index contributed by atoms with van der Waals surface area (Å²) in [5.41, 5.74) is 2.29. The van der Waals surface area contributed by atoms with E-state index in [4.69, 9.17) is 0 Å². The number of amides is 2. The molecule has 3 N–H and O–H groups in total. The summed E-state index contributed by atoms with van der Waals surface area (Å²) in [5, 5.41) is 19.6. The van der Waals surface area contributed by atoms with Crippen molar-refractivity contribution in [2.45, 2.75) is 37.8 Å². The van der Waals surface area contributed by atoms with Gasteiger partial charge < -0.3 is 15.7 Å². The highest BCUT2D eigenvalue weighted by atomic mass is 32.2. The van der Waals surface area contributed by atoms with Crippen molar-refractivity contribution >= 4 is 27.5 Å². The van der Waals surface area contributed by atoms with Crippen molar-refractivity contribution in [2.24, 2.45) is 5.92 Å². The molecule has 3 heterocycles. The van der Waals surface area contributed by atoms with E-state index in [1.165, 1.54) is 32.4 Å². The minimum Gasteiger partial charge on any atom is -0.394 e. The molecule has 0 bridgehead atoms. The number of carbonyl (C=O) groups excluding carboxylic acids is 2. The number of nitrogens with zero attached hydrogens (tertiary/aromatic N) is 5. The van der Waals surface area contributed by atoms with Gasteiger partial charge in [-0.15, -0.1) is 0 Å². The number of aromatic nitrogens is 4. The first-order valence-corrected chi connectivity index (χ1v) is 14.2.